The quantitative estimate of drug-likeness (QED) is 0.438. The minimum atomic E-state index is 0. The van der Waals surface area contributed by atoms with E-state index in [1.807, 2.05) is 31.2 Å². The highest BCUT2D eigenvalue weighted by atomic mass is 127. The van der Waals surface area contributed by atoms with E-state index in [4.69, 9.17) is 16.1 Å². The molecule has 2 N–H and O–H groups in total. The minimum Gasteiger partial charge on any atom is -0.350 e. The van der Waals surface area contributed by atoms with E-state index >= 15 is 0 Å². The Hall–Kier alpha value is -1.35. The molecule has 120 valence electrons. The third-order valence-corrected chi connectivity index (χ3v) is 3.28. The van der Waals surface area contributed by atoms with Gasteiger partial charge in [0.05, 0.1) is 12.6 Å². The lowest BCUT2D eigenvalue weighted by molar-refractivity contribution is 0.386. The topological polar surface area (TPSA) is 75.3 Å². The first-order chi connectivity index (χ1) is 10.1. The number of aliphatic imine (C=N–C) groups is 1. The fourth-order valence-corrected chi connectivity index (χ4v) is 2.18. The fourth-order valence-electron chi connectivity index (χ4n) is 1.88. The van der Waals surface area contributed by atoms with Crippen LogP contribution in [0.2, 0.25) is 5.02 Å². The predicted molar refractivity (Wildman–Crippen MR) is 97.7 cm³/mol. The summed E-state index contributed by atoms with van der Waals surface area (Å²) in [4.78, 5) is 8.29. The zero-order chi connectivity index (χ0) is 15.2. The lowest BCUT2D eigenvalue weighted by Gasteiger charge is -2.18. The number of nitrogens with one attached hydrogen (secondary N) is 2. The van der Waals surface area contributed by atoms with Crippen molar-refractivity contribution in [2.45, 2.75) is 26.4 Å². The van der Waals surface area contributed by atoms with Gasteiger partial charge in [0.25, 0.3) is 0 Å². The van der Waals surface area contributed by atoms with Crippen molar-refractivity contribution in [1.82, 2.24) is 20.8 Å². The molecule has 0 bridgehead atoms. The summed E-state index contributed by atoms with van der Waals surface area (Å²) in [5.41, 5.74) is 1.01. The number of halogens is 2. The van der Waals surface area contributed by atoms with E-state index in [-0.39, 0.29) is 30.0 Å². The Balaban J connectivity index is 0.00000242. The van der Waals surface area contributed by atoms with Gasteiger partial charge in [-0.05, 0) is 18.6 Å². The molecule has 2 aromatic rings. The van der Waals surface area contributed by atoms with Gasteiger partial charge in [0, 0.05) is 19.0 Å². The number of aryl methyl sites for hydroxylation is 1. The number of guanidine groups is 1. The number of aromatic nitrogens is 2. The molecule has 0 aliphatic rings. The largest absolute Gasteiger partial charge is 0.350 e. The molecule has 1 atom stereocenters. The van der Waals surface area contributed by atoms with Gasteiger partial charge in [-0.1, -0.05) is 35.0 Å². The van der Waals surface area contributed by atoms with Gasteiger partial charge in [0.1, 0.15) is 0 Å². The second-order valence-electron chi connectivity index (χ2n) is 4.54. The summed E-state index contributed by atoms with van der Waals surface area (Å²) in [7, 11) is 1.70. The highest BCUT2D eigenvalue weighted by Gasteiger charge is 2.11. The molecule has 22 heavy (non-hydrogen) atoms. The minimum absolute atomic E-state index is 0. The van der Waals surface area contributed by atoms with Crippen molar-refractivity contribution in [1.29, 1.82) is 0 Å². The molecule has 1 aromatic heterocycles. The average molecular weight is 436 g/mol. The van der Waals surface area contributed by atoms with E-state index in [0.717, 1.165) is 10.6 Å². The van der Waals surface area contributed by atoms with Gasteiger partial charge in [-0.25, -0.2) is 0 Å². The molecule has 0 saturated carbocycles. The van der Waals surface area contributed by atoms with E-state index in [1.54, 1.807) is 14.0 Å². The lowest BCUT2D eigenvalue weighted by atomic mass is 10.1. The van der Waals surface area contributed by atoms with Crippen LogP contribution in [0.4, 0.5) is 0 Å². The molecule has 1 aromatic carbocycles. The summed E-state index contributed by atoms with van der Waals surface area (Å²) in [6.07, 6.45) is 0. The molecule has 0 radical (unpaired) electrons. The van der Waals surface area contributed by atoms with Crippen LogP contribution in [-0.2, 0) is 6.54 Å². The molecule has 1 heterocycles. The van der Waals surface area contributed by atoms with Crippen LogP contribution in [0.15, 0.2) is 33.8 Å². The predicted octanol–water partition coefficient (Wildman–Crippen LogP) is 3.08. The van der Waals surface area contributed by atoms with Crippen molar-refractivity contribution in [2.75, 3.05) is 7.05 Å². The molecule has 0 saturated heterocycles. The molecular formula is C14H19ClIN5O. The summed E-state index contributed by atoms with van der Waals surface area (Å²) < 4.78 is 4.92. The number of hydrogen-bond acceptors (Lipinski definition) is 4. The van der Waals surface area contributed by atoms with Gasteiger partial charge in [-0.2, -0.15) is 4.98 Å². The molecule has 1 unspecified atom stereocenters. The smallest absolute Gasteiger partial charge is 0.223 e. The van der Waals surface area contributed by atoms with Crippen LogP contribution in [0.5, 0.6) is 0 Å². The molecule has 6 nitrogen and oxygen atoms in total. The Bertz CT molecular complexity index is 631. The van der Waals surface area contributed by atoms with E-state index in [0.29, 0.717) is 24.2 Å². The molecule has 0 amide bonds. The van der Waals surface area contributed by atoms with Crippen LogP contribution in [0.3, 0.4) is 0 Å². The SMILES string of the molecule is CN=C(NCc1noc(C)n1)NC(C)c1ccccc1Cl.I. The van der Waals surface area contributed by atoms with Crippen LogP contribution < -0.4 is 10.6 Å². The molecule has 0 spiro atoms. The Morgan fingerprint density at radius 2 is 2.14 bits per heavy atom. The molecule has 0 fully saturated rings. The van der Waals surface area contributed by atoms with E-state index in [1.165, 1.54) is 0 Å². The Morgan fingerprint density at radius 1 is 1.41 bits per heavy atom. The van der Waals surface area contributed by atoms with E-state index in [2.05, 4.69) is 25.8 Å². The Labute approximate surface area is 151 Å². The first-order valence-electron chi connectivity index (χ1n) is 6.61. The summed E-state index contributed by atoms with van der Waals surface area (Å²) in [5.74, 6) is 1.77. The molecular weight excluding hydrogens is 417 g/mol. The van der Waals surface area contributed by atoms with Crippen molar-refractivity contribution >= 4 is 41.5 Å². The van der Waals surface area contributed by atoms with Gasteiger partial charge in [0.2, 0.25) is 5.89 Å². The Kier molecular flexibility index (Phi) is 7.60. The van der Waals surface area contributed by atoms with Crippen LogP contribution in [0.25, 0.3) is 0 Å². The maximum atomic E-state index is 6.19. The van der Waals surface area contributed by atoms with Crippen molar-refractivity contribution in [3.05, 3.63) is 46.6 Å². The van der Waals surface area contributed by atoms with E-state index in [9.17, 15) is 0 Å². The van der Waals surface area contributed by atoms with Gasteiger partial charge in [-0.15, -0.1) is 24.0 Å². The van der Waals surface area contributed by atoms with Crippen molar-refractivity contribution in [3.8, 4) is 0 Å². The van der Waals surface area contributed by atoms with Crippen LogP contribution >= 0.6 is 35.6 Å². The lowest BCUT2D eigenvalue weighted by Crippen LogP contribution is -2.38. The number of benzene rings is 1. The molecule has 2 rings (SSSR count). The maximum absolute atomic E-state index is 6.19. The standard InChI is InChI=1S/C14H18ClN5O.HI/c1-9(11-6-4-5-7-12(11)15)18-14(16-3)17-8-13-19-10(2)21-20-13;/h4-7,9H,8H2,1-3H3,(H2,16,17,18);1H. The van der Waals surface area contributed by atoms with Crippen LogP contribution in [0, 0.1) is 6.92 Å². The summed E-state index contributed by atoms with van der Waals surface area (Å²) in [6.45, 7) is 4.21. The molecule has 0 aliphatic carbocycles. The fraction of sp³-hybridized carbons (Fsp3) is 0.357. The maximum Gasteiger partial charge on any atom is 0.223 e. The van der Waals surface area contributed by atoms with Crippen molar-refractivity contribution in [3.63, 3.8) is 0 Å². The van der Waals surface area contributed by atoms with Crippen LogP contribution in [-0.4, -0.2) is 23.1 Å². The van der Waals surface area contributed by atoms with Gasteiger partial charge in [0.15, 0.2) is 11.8 Å². The normalized spacial score (nSPS) is 12.5. The summed E-state index contributed by atoms with van der Waals surface area (Å²) in [6, 6.07) is 7.74. The summed E-state index contributed by atoms with van der Waals surface area (Å²) >= 11 is 6.19. The number of nitrogens with zero attached hydrogens (tertiary/aromatic N) is 3. The number of rotatable bonds is 4. The first-order valence-corrected chi connectivity index (χ1v) is 6.98. The third-order valence-electron chi connectivity index (χ3n) is 2.93. The van der Waals surface area contributed by atoms with Crippen molar-refractivity contribution < 1.29 is 4.52 Å². The van der Waals surface area contributed by atoms with Crippen LogP contribution in [0.1, 0.15) is 30.2 Å². The average Bonchev–Trinajstić information content (AvgIpc) is 2.89. The highest BCUT2D eigenvalue weighted by Crippen LogP contribution is 2.21. The zero-order valence-corrected chi connectivity index (χ0v) is 15.7. The summed E-state index contributed by atoms with van der Waals surface area (Å²) in [5, 5.41) is 10.9. The zero-order valence-electron chi connectivity index (χ0n) is 12.6. The third kappa shape index (κ3) is 5.13. The highest BCUT2D eigenvalue weighted by molar-refractivity contribution is 14.0. The van der Waals surface area contributed by atoms with Gasteiger partial charge in [-0.3, -0.25) is 4.99 Å². The monoisotopic (exact) mass is 435 g/mol. The number of hydrogen-bond donors (Lipinski definition) is 2. The van der Waals surface area contributed by atoms with Gasteiger partial charge < -0.3 is 15.2 Å². The van der Waals surface area contributed by atoms with E-state index < -0.39 is 0 Å². The second kappa shape index (κ2) is 8.94. The Morgan fingerprint density at radius 3 is 2.73 bits per heavy atom. The molecule has 0 aliphatic heterocycles. The molecule has 8 heteroatoms. The second-order valence-corrected chi connectivity index (χ2v) is 4.95. The first kappa shape index (κ1) is 18.7. The van der Waals surface area contributed by atoms with Gasteiger partial charge >= 0.3 is 0 Å². The van der Waals surface area contributed by atoms with Crippen molar-refractivity contribution in [2.24, 2.45) is 4.99 Å².